The van der Waals surface area contributed by atoms with E-state index < -0.39 is 0 Å². The van der Waals surface area contributed by atoms with Gasteiger partial charge in [-0.25, -0.2) is 0 Å². The van der Waals surface area contributed by atoms with Crippen LogP contribution in [0.1, 0.15) is 120 Å². The Hall–Kier alpha value is -0.300. The third kappa shape index (κ3) is 2.77. The molecule has 176 valence electrons. The first-order valence-corrected chi connectivity index (χ1v) is 13.6. The quantitative estimate of drug-likeness (QED) is 0.387. The summed E-state index contributed by atoms with van der Waals surface area (Å²) in [6.07, 6.45) is 15.8. The molecule has 0 spiro atoms. The highest BCUT2D eigenvalue weighted by Gasteiger charge is 2.66. The topological polar surface area (TPSA) is 20.2 Å². The summed E-state index contributed by atoms with van der Waals surface area (Å²) >= 11 is 0. The molecule has 5 aliphatic rings. The van der Waals surface area contributed by atoms with Crippen LogP contribution in [0.2, 0.25) is 0 Å². The molecule has 0 aromatic heterocycles. The van der Waals surface area contributed by atoms with Crippen molar-refractivity contribution >= 4 is 0 Å². The van der Waals surface area contributed by atoms with Crippen LogP contribution in [-0.4, -0.2) is 11.2 Å². The van der Waals surface area contributed by atoms with Gasteiger partial charge in [0.15, 0.2) is 0 Å². The molecule has 0 saturated heterocycles. The Morgan fingerprint density at radius 1 is 0.774 bits per heavy atom. The highest BCUT2D eigenvalue weighted by molar-refractivity contribution is 5.32. The molecule has 0 aromatic rings. The van der Waals surface area contributed by atoms with Crippen LogP contribution >= 0.6 is 0 Å². The van der Waals surface area contributed by atoms with Gasteiger partial charge in [-0.1, -0.05) is 67.0 Å². The van der Waals surface area contributed by atoms with E-state index in [0.29, 0.717) is 33.0 Å². The number of fused-ring (bicyclic) bond motifs is 7. The predicted octanol–water partition coefficient (Wildman–Crippen LogP) is 8.17. The molecule has 0 heterocycles. The summed E-state index contributed by atoms with van der Waals surface area (Å²) in [6.45, 7) is 20.4. The van der Waals surface area contributed by atoms with Crippen LogP contribution < -0.4 is 0 Å². The minimum atomic E-state index is -0.121. The van der Waals surface area contributed by atoms with E-state index in [9.17, 15) is 5.11 Å². The average molecular weight is 427 g/mol. The summed E-state index contributed by atoms with van der Waals surface area (Å²) < 4.78 is 0. The van der Waals surface area contributed by atoms with Gasteiger partial charge in [0.05, 0.1) is 6.10 Å². The Labute approximate surface area is 192 Å². The Morgan fingerprint density at radius 3 is 2.19 bits per heavy atom. The molecule has 0 radical (unpaired) electrons. The Balaban J connectivity index is 1.55. The normalized spacial score (nSPS) is 55.2. The summed E-state index contributed by atoms with van der Waals surface area (Å²) in [5.74, 6) is 2.24. The van der Waals surface area contributed by atoms with Crippen molar-refractivity contribution in [1.82, 2.24) is 0 Å². The van der Waals surface area contributed by atoms with E-state index in [2.05, 4.69) is 61.5 Å². The van der Waals surface area contributed by atoms with Crippen LogP contribution in [0.25, 0.3) is 0 Å². The van der Waals surface area contributed by atoms with E-state index in [1.807, 2.05) is 5.57 Å². The van der Waals surface area contributed by atoms with E-state index in [0.717, 1.165) is 18.3 Å². The van der Waals surface area contributed by atoms with Gasteiger partial charge >= 0.3 is 0 Å². The monoisotopic (exact) mass is 426 g/mol. The summed E-state index contributed by atoms with van der Waals surface area (Å²) in [7, 11) is 0. The third-order valence-electron chi connectivity index (χ3n) is 12.9. The lowest BCUT2D eigenvalue weighted by atomic mass is 9.35. The number of aliphatic hydroxyl groups excluding tert-OH is 1. The molecule has 4 saturated carbocycles. The molecule has 31 heavy (non-hydrogen) atoms. The highest BCUT2D eigenvalue weighted by atomic mass is 16.3. The van der Waals surface area contributed by atoms with Crippen molar-refractivity contribution in [3.05, 3.63) is 11.6 Å². The van der Waals surface area contributed by atoms with Crippen molar-refractivity contribution in [3.8, 4) is 0 Å². The van der Waals surface area contributed by atoms with Gasteiger partial charge in [0.1, 0.15) is 0 Å². The van der Waals surface area contributed by atoms with E-state index >= 15 is 0 Å². The van der Waals surface area contributed by atoms with E-state index in [1.54, 1.807) is 0 Å². The van der Waals surface area contributed by atoms with Gasteiger partial charge in [-0.2, -0.15) is 0 Å². The first kappa shape index (κ1) is 22.5. The Morgan fingerprint density at radius 2 is 1.48 bits per heavy atom. The zero-order valence-electron chi connectivity index (χ0n) is 21.9. The second-order valence-electron chi connectivity index (χ2n) is 15.3. The van der Waals surface area contributed by atoms with Crippen LogP contribution in [-0.2, 0) is 0 Å². The molecule has 8 atom stereocenters. The molecular formula is C30H50O. The first-order valence-electron chi connectivity index (χ1n) is 13.6. The van der Waals surface area contributed by atoms with Crippen LogP contribution in [0.5, 0.6) is 0 Å². The molecule has 0 aromatic carbocycles. The van der Waals surface area contributed by atoms with E-state index in [-0.39, 0.29) is 11.5 Å². The molecule has 8 unspecified atom stereocenters. The zero-order valence-corrected chi connectivity index (χ0v) is 21.9. The molecule has 1 heteroatoms. The van der Waals surface area contributed by atoms with Crippen LogP contribution in [0.3, 0.4) is 0 Å². The third-order valence-corrected chi connectivity index (χ3v) is 12.9. The van der Waals surface area contributed by atoms with Crippen LogP contribution in [0, 0.1) is 50.2 Å². The Bertz CT molecular complexity index is 790. The number of rotatable bonds is 0. The number of hydrogen-bond acceptors (Lipinski definition) is 1. The van der Waals surface area contributed by atoms with Crippen molar-refractivity contribution in [2.75, 3.05) is 0 Å². The van der Waals surface area contributed by atoms with Gasteiger partial charge in [0.2, 0.25) is 0 Å². The lowest BCUT2D eigenvalue weighted by Gasteiger charge is -2.70. The molecule has 5 aliphatic carbocycles. The SMILES string of the molecule is CC1(C)CCC2(C)CC=C3C(CCC4C3(C)CCC3C(C)(C)C(O)CCC43C)C2(C)C1. The van der Waals surface area contributed by atoms with Crippen molar-refractivity contribution in [2.24, 2.45) is 50.2 Å². The number of allylic oxidation sites excluding steroid dienone is 2. The maximum atomic E-state index is 10.9. The van der Waals surface area contributed by atoms with Crippen LogP contribution in [0.4, 0.5) is 0 Å². The van der Waals surface area contributed by atoms with Gasteiger partial charge in [-0.15, -0.1) is 0 Å². The summed E-state index contributed by atoms with van der Waals surface area (Å²) in [5.41, 5.74) is 4.12. The minimum Gasteiger partial charge on any atom is -0.393 e. The lowest BCUT2D eigenvalue weighted by Crippen LogP contribution is -2.62. The van der Waals surface area contributed by atoms with E-state index in [1.165, 1.54) is 57.8 Å². The maximum Gasteiger partial charge on any atom is 0.0594 e. The van der Waals surface area contributed by atoms with Crippen molar-refractivity contribution < 1.29 is 5.11 Å². The molecule has 0 aliphatic heterocycles. The van der Waals surface area contributed by atoms with Crippen molar-refractivity contribution in [3.63, 3.8) is 0 Å². The fourth-order valence-corrected chi connectivity index (χ4v) is 10.9. The fourth-order valence-electron chi connectivity index (χ4n) is 10.9. The first-order chi connectivity index (χ1) is 14.2. The average Bonchev–Trinajstić information content (AvgIpc) is 2.66. The molecular weight excluding hydrogens is 376 g/mol. The van der Waals surface area contributed by atoms with Gasteiger partial charge in [-0.3, -0.25) is 0 Å². The summed E-state index contributed by atoms with van der Waals surface area (Å²) in [4.78, 5) is 0. The molecule has 1 N–H and O–H groups in total. The fraction of sp³-hybridized carbons (Fsp3) is 0.933. The highest BCUT2D eigenvalue weighted by Crippen LogP contribution is 2.74. The Kier molecular flexibility index (Phi) is 4.66. The maximum absolute atomic E-state index is 10.9. The predicted molar refractivity (Wildman–Crippen MR) is 131 cm³/mol. The van der Waals surface area contributed by atoms with Crippen molar-refractivity contribution in [1.29, 1.82) is 0 Å². The summed E-state index contributed by atoms with van der Waals surface area (Å²) in [5, 5.41) is 10.9. The number of aliphatic hydroxyl groups is 1. The second kappa shape index (κ2) is 6.43. The molecule has 0 amide bonds. The van der Waals surface area contributed by atoms with Gasteiger partial charge in [0, 0.05) is 0 Å². The lowest BCUT2D eigenvalue weighted by molar-refractivity contribution is -0.182. The number of hydrogen-bond donors (Lipinski definition) is 1. The molecule has 0 bridgehead atoms. The van der Waals surface area contributed by atoms with Gasteiger partial charge in [-0.05, 0) is 114 Å². The largest absolute Gasteiger partial charge is 0.393 e. The zero-order chi connectivity index (χ0) is 22.7. The van der Waals surface area contributed by atoms with Crippen LogP contribution in [0.15, 0.2) is 11.6 Å². The van der Waals surface area contributed by atoms with Gasteiger partial charge in [0.25, 0.3) is 0 Å². The van der Waals surface area contributed by atoms with Gasteiger partial charge < -0.3 is 5.11 Å². The molecule has 5 rings (SSSR count). The smallest absolute Gasteiger partial charge is 0.0594 e. The molecule has 1 nitrogen and oxygen atoms in total. The standard InChI is InChI=1S/C30H50O/c1-25(2)17-18-27(5)14-11-20-21(30(27,8)19-25)9-10-23-28(20,6)15-12-22-26(3,4)24(31)13-16-29(22,23)7/h11,21-24,31H,9-10,12-19H2,1-8H3. The van der Waals surface area contributed by atoms with E-state index in [4.69, 9.17) is 0 Å². The minimum absolute atomic E-state index is 0.0596. The summed E-state index contributed by atoms with van der Waals surface area (Å²) in [6, 6.07) is 0. The molecule has 4 fully saturated rings. The van der Waals surface area contributed by atoms with Crippen molar-refractivity contribution in [2.45, 2.75) is 126 Å². The second-order valence-corrected chi connectivity index (χ2v) is 15.3.